The monoisotopic (exact) mass is 491 g/mol. The molecule has 184 valence electrons. The molecule has 1 fully saturated rings. The number of hydrogen-bond donors (Lipinski definition) is 0. The lowest BCUT2D eigenvalue weighted by molar-refractivity contribution is 0.164. The van der Waals surface area contributed by atoms with E-state index in [2.05, 4.69) is 29.9 Å². The molecule has 0 amide bonds. The Morgan fingerprint density at radius 1 is 1.00 bits per heavy atom. The van der Waals surface area contributed by atoms with Crippen molar-refractivity contribution >= 4 is 21.1 Å². The molecule has 0 aliphatic heterocycles. The molecular formula is C27H33N5O2S. The van der Waals surface area contributed by atoms with Crippen LogP contribution in [-0.4, -0.2) is 51.2 Å². The van der Waals surface area contributed by atoms with Gasteiger partial charge < -0.3 is 4.90 Å². The lowest BCUT2D eigenvalue weighted by atomic mass is 9.81. The molecule has 0 unspecified atom stereocenters. The summed E-state index contributed by atoms with van der Waals surface area (Å²) in [6.07, 6.45) is 11.9. The van der Waals surface area contributed by atoms with Crippen molar-refractivity contribution in [2.45, 2.75) is 56.4 Å². The minimum atomic E-state index is -3.78. The Bertz CT molecular complexity index is 1410. The van der Waals surface area contributed by atoms with Crippen LogP contribution in [0, 0.1) is 0 Å². The molecule has 3 aromatic heterocycles. The van der Waals surface area contributed by atoms with E-state index in [0.29, 0.717) is 17.6 Å². The van der Waals surface area contributed by atoms with Crippen LogP contribution in [0.15, 0.2) is 66.1 Å². The van der Waals surface area contributed by atoms with Crippen molar-refractivity contribution in [2.24, 2.45) is 7.05 Å². The summed E-state index contributed by atoms with van der Waals surface area (Å²) in [5.74, 6) is 0.439. The number of aryl methyl sites for hydroxylation is 1. The van der Waals surface area contributed by atoms with Gasteiger partial charge in [-0.15, -0.1) is 0 Å². The zero-order valence-electron chi connectivity index (χ0n) is 20.6. The first-order chi connectivity index (χ1) is 16.9. The van der Waals surface area contributed by atoms with E-state index in [9.17, 15) is 8.42 Å². The summed E-state index contributed by atoms with van der Waals surface area (Å²) < 4.78 is 30.1. The highest BCUT2D eigenvalue weighted by Crippen LogP contribution is 2.38. The van der Waals surface area contributed by atoms with Gasteiger partial charge in [-0.25, -0.2) is 17.4 Å². The van der Waals surface area contributed by atoms with E-state index in [0.717, 1.165) is 42.4 Å². The van der Waals surface area contributed by atoms with Crippen LogP contribution >= 0.6 is 0 Å². The number of pyridine rings is 1. The Kier molecular flexibility index (Phi) is 6.51. The standard InChI is InChI=1S/C27H33N5O2S/c1-4-31(5-2)23-13-11-20(12-14-23)21-15-25-26(22-17-29-30(3)18-22)19-32(27(25)28-16-21)35(33,34)24-9-7-6-8-10-24/h6-10,15-20,23H,4-5,11-14H2,1-3H3. The van der Waals surface area contributed by atoms with E-state index in [1.165, 1.54) is 22.4 Å². The van der Waals surface area contributed by atoms with Crippen LogP contribution in [0.3, 0.4) is 0 Å². The highest BCUT2D eigenvalue weighted by molar-refractivity contribution is 7.90. The minimum Gasteiger partial charge on any atom is -0.301 e. The number of aromatic nitrogens is 4. The fraction of sp³-hybridized carbons (Fsp3) is 0.407. The maximum Gasteiger partial charge on any atom is 0.269 e. The smallest absolute Gasteiger partial charge is 0.269 e. The number of nitrogens with zero attached hydrogens (tertiary/aromatic N) is 5. The fourth-order valence-corrected chi connectivity index (χ4v) is 6.86. The predicted molar refractivity (Wildman–Crippen MR) is 139 cm³/mol. The Hall–Kier alpha value is -2.97. The largest absolute Gasteiger partial charge is 0.301 e. The average molecular weight is 492 g/mol. The zero-order chi connectivity index (χ0) is 24.6. The van der Waals surface area contributed by atoms with Crippen LogP contribution in [0.4, 0.5) is 0 Å². The highest BCUT2D eigenvalue weighted by Gasteiger charge is 2.28. The first-order valence-electron chi connectivity index (χ1n) is 12.5. The maximum atomic E-state index is 13.5. The Balaban J connectivity index is 1.56. The van der Waals surface area contributed by atoms with Crippen molar-refractivity contribution < 1.29 is 8.42 Å². The van der Waals surface area contributed by atoms with Gasteiger partial charge in [-0.2, -0.15) is 5.10 Å². The molecule has 1 aromatic carbocycles. The van der Waals surface area contributed by atoms with E-state index in [4.69, 9.17) is 4.98 Å². The summed E-state index contributed by atoms with van der Waals surface area (Å²) in [7, 11) is -1.92. The molecular weight excluding hydrogens is 458 g/mol. The Morgan fingerprint density at radius 3 is 2.34 bits per heavy atom. The molecule has 4 aromatic rings. The second-order valence-corrected chi connectivity index (χ2v) is 11.2. The van der Waals surface area contributed by atoms with Crippen LogP contribution in [-0.2, 0) is 17.1 Å². The minimum absolute atomic E-state index is 0.246. The van der Waals surface area contributed by atoms with Crippen molar-refractivity contribution in [1.29, 1.82) is 0 Å². The molecule has 7 nitrogen and oxygen atoms in total. The molecule has 0 bridgehead atoms. The van der Waals surface area contributed by atoms with Crippen molar-refractivity contribution in [1.82, 2.24) is 23.6 Å². The van der Waals surface area contributed by atoms with E-state index >= 15 is 0 Å². The van der Waals surface area contributed by atoms with Gasteiger partial charge >= 0.3 is 0 Å². The van der Waals surface area contributed by atoms with Gasteiger partial charge in [0.1, 0.15) is 0 Å². The van der Waals surface area contributed by atoms with Crippen LogP contribution in [0.5, 0.6) is 0 Å². The van der Waals surface area contributed by atoms with Gasteiger partial charge in [-0.05, 0) is 68.5 Å². The number of rotatable bonds is 7. The highest BCUT2D eigenvalue weighted by atomic mass is 32.2. The van der Waals surface area contributed by atoms with E-state index in [1.807, 2.05) is 25.5 Å². The van der Waals surface area contributed by atoms with Gasteiger partial charge in [0.2, 0.25) is 0 Å². The van der Waals surface area contributed by atoms with E-state index in [1.54, 1.807) is 41.3 Å². The second-order valence-electron chi connectivity index (χ2n) is 9.43. The van der Waals surface area contributed by atoms with Crippen molar-refractivity contribution in [3.63, 3.8) is 0 Å². The zero-order valence-corrected chi connectivity index (χ0v) is 21.4. The molecule has 1 aliphatic carbocycles. The lowest BCUT2D eigenvalue weighted by Crippen LogP contribution is -2.37. The van der Waals surface area contributed by atoms with Crippen LogP contribution in [0.2, 0.25) is 0 Å². The third-order valence-corrected chi connectivity index (χ3v) is 9.11. The summed E-state index contributed by atoms with van der Waals surface area (Å²) >= 11 is 0. The quantitative estimate of drug-likeness (QED) is 0.362. The van der Waals surface area contributed by atoms with Crippen LogP contribution in [0.25, 0.3) is 22.2 Å². The third-order valence-electron chi connectivity index (χ3n) is 7.45. The van der Waals surface area contributed by atoms with Crippen molar-refractivity contribution in [3.8, 4) is 11.1 Å². The topological polar surface area (TPSA) is 73.0 Å². The number of benzene rings is 1. The van der Waals surface area contributed by atoms with E-state index < -0.39 is 10.0 Å². The molecule has 8 heteroatoms. The maximum absolute atomic E-state index is 13.5. The molecule has 0 atom stereocenters. The van der Waals surface area contributed by atoms with Gasteiger partial charge in [0, 0.05) is 48.2 Å². The molecule has 1 aliphatic rings. The summed E-state index contributed by atoms with van der Waals surface area (Å²) in [4.78, 5) is 7.54. The molecule has 35 heavy (non-hydrogen) atoms. The normalized spacial score (nSPS) is 19.0. The van der Waals surface area contributed by atoms with Gasteiger partial charge in [0.05, 0.1) is 11.1 Å². The Labute approximate surface area is 207 Å². The van der Waals surface area contributed by atoms with Crippen LogP contribution < -0.4 is 0 Å². The van der Waals surface area contributed by atoms with Crippen molar-refractivity contribution in [2.75, 3.05) is 13.1 Å². The summed E-state index contributed by atoms with van der Waals surface area (Å²) in [6, 6.07) is 11.3. The Morgan fingerprint density at radius 2 is 1.71 bits per heavy atom. The molecule has 0 spiro atoms. The fourth-order valence-electron chi connectivity index (χ4n) is 5.51. The SMILES string of the molecule is CCN(CC)C1CCC(c2cnc3c(c2)c(-c2cnn(C)c2)cn3S(=O)(=O)c2ccccc2)CC1. The molecule has 0 saturated heterocycles. The molecule has 1 saturated carbocycles. The van der Waals surface area contributed by atoms with E-state index in [-0.39, 0.29) is 4.90 Å². The summed E-state index contributed by atoms with van der Waals surface area (Å²) in [5, 5.41) is 5.16. The summed E-state index contributed by atoms with van der Waals surface area (Å²) in [6.45, 7) is 6.66. The van der Waals surface area contributed by atoms with Crippen LogP contribution in [0.1, 0.15) is 51.0 Å². The molecule has 0 N–H and O–H groups in total. The molecule has 3 heterocycles. The first kappa shape index (κ1) is 23.8. The van der Waals surface area contributed by atoms with Gasteiger partial charge in [-0.1, -0.05) is 32.0 Å². The number of hydrogen-bond acceptors (Lipinski definition) is 5. The molecule has 5 rings (SSSR count). The van der Waals surface area contributed by atoms with Gasteiger partial charge in [0.25, 0.3) is 10.0 Å². The predicted octanol–water partition coefficient (Wildman–Crippen LogP) is 5.04. The van der Waals surface area contributed by atoms with Crippen molar-refractivity contribution in [3.05, 3.63) is 66.7 Å². The average Bonchev–Trinajstić information content (AvgIpc) is 3.49. The number of fused-ring (bicyclic) bond motifs is 1. The van der Waals surface area contributed by atoms with Gasteiger partial charge in [-0.3, -0.25) is 4.68 Å². The second kappa shape index (κ2) is 9.59. The lowest BCUT2D eigenvalue weighted by Gasteiger charge is -2.35. The first-order valence-corrected chi connectivity index (χ1v) is 13.9. The molecule has 0 radical (unpaired) electrons. The van der Waals surface area contributed by atoms with Gasteiger partial charge in [0.15, 0.2) is 5.65 Å². The third kappa shape index (κ3) is 4.41. The summed E-state index contributed by atoms with van der Waals surface area (Å²) in [5.41, 5.74) is 3.35.